The van der Waals surface area contributed by atoms with E-state index in [4.69, 9.17) is 9.47 Å². The lowest BCUT2D eigenvalue weighted by atomic mass is 9.95. The van der Waals surface area contributed by atoms with Gasteiger partial charge in [-0.15, -0.1) is 0 Å². The van der Waals surface area contributed by atoms with Crippen LogP contribution in [0, 0.1) is 11.3 Å². The normalized spacial score (nSPS) is 14.2. The molecule has 0 saturated heterocycles. The van der Waals surface area contributed by atoms with E-state index in [-0.39, 0.29) is 30.0 Å². The molecule has 0 unspecified atom stereocenters. The maximum absolute atomic E-state index is 12.5. The second-order valence-corrected chi connectivity index (χ2v) is 8.65. The van der Waals surface area contributed by atoms with Gasteiger partial charge in [0.15, 0.2) is 18.1 Å². The van der Waals surface area contributed by atoms with Crippen molar-refractivity contribution in [1.82, 2.24) is 5.32 Å². The number of methoxy groups -OCH3 is 1. The topological polar surface area (TPSA) is 100 Å². The third kappa shape index (κ3) is 7.36. The van der Waals surface area contributed by atoms with E-state index in [0.717, 1.165) is 30.2 Å². The van der Waals surface area contributed by atoms with Gasteiger partial charge in [0.05, 0.1) is 7.11 Å². The van der Waals surface area contributed by atoms with Crippen LogP contribution in [-0.2, 0) is 9.59 Å². The Morgan fingerprint density at radius 3 is 2.52 bits per heavy atom. The van der Waals surface area contributed by atoms with E-state index < -0.39 is 0 Å². The molecule has 0 heterocycles. The number of amides is 2. The highest BCUT2D eigenvalue weighted by Crippen LogP contribution is 2.29. The van der Waals surface area contributed by atoms with Crippen LogP contribution in [0.25, 0.3) is 6.08 Å². The van der Waals surface area contributed by atoms with E-state index >= 15 is 0 Å². The van der Waals surface area contributed by atoms with Crippen LogP contribution < -0.4 is 20.1 Å². The molecule has 0 spiro atoms. The Labute approximate surface area is 201 Å². The number of hydrogen-bond acceptors (Lipinski definition) is 5. The highest BCUT2D eigenvalue weighted by atomic mass is 79.9. The monoisotopic (exact) mass is 511 g/mol. The number of ether oxygens (including phenoxy) is 2. The average molecular weight is 512 g/mol. The Hall–Kier alpha value is -3.31. The zero-order valence-corrected chi connectivity index (χ0v) is 20.0. The quantitative estimate of drug-likeness (QED) is 0.390. The molecule has 0 aromatic heterocycles. The SMILES string of the molecule is COc1cc(/C=C(\C#N)C(=O)NC2CCCCC2)ccc1OCC(=O)Nc1ccc(Br)cc1. The number of carbonyl (C=O) groups is 2. The molecule has 0 bridgehead atoms. The van der Waals surface area contributed by atoms with Crippen molar-refractivity contribution in [2.75, 3.05) is 19.0 Å². The van der Waals surface area contributed by atoms with E-state index in [9.17, 15) is 14.9 Å². The summed E-state index contributed by atoms with van der Waals surface area (Å²) in [5, 5.41) is 15.2. The van der Waals surface area contributed by atoms with Crippen molar-refractivity contribution in [3.8, 4) is 17.6 Å². The molecule has 2 aromatic rings. The number of nitriles is 1. The van der Waals surface area contributed by atoms with Crippen molar-refractivity contribution >= 4 is 39.5 Å². The Morgan fingerprint density at radius 1 is 1.12 bits per heavy atom. The van der Waals surface area contributed by atoms with Crippen LogP contribution in [0.3, 0.4) is 0 Å². The molecule has 1 aliphatic carbocycles. The summed E-state index contributed by atoms with van der Waals surface area (Å²) in [5.74, 6) is 0.0961. The molecule has 1 aliphatic rings. The molecule has 0 aliphatic heterocycles. The lowest BCUT2D eigenvalue weighted by Gasteiger charge is -2.22. The summed E-state index contributed by atoms with van der Waals surface area (Å²) < 4.78 is 11.9. The highest BCUT2D eigenvalue weighted by molar-refractivity contribution is 9.10. The first-order valence-electron chi connectivity index (χ1n) is 10.8. The maximum atomic E-state index is 12.5. The molecule has 2 amide bonds. The minimum atomic E-state index is -0.367. The molecule has 1 fully saturated rings. The molecule has 0 radical (unpaired) electrons. The third-order valence-corrected chi connectivity index (χ3v) is 5.82. The van der Waals surface area contributed by atoms with Gasteiger partial charge in [0.25, 0.3) is 11.8 Å². The molecule has 172 valence electrons. The van der Waals surface area contributed by atoms with Crippen LogP contribution >= 0.6 is 15.9 Å². The fourth-order valence-corrected chi connectivity index (χ4v) is 3.86. The van der Waals surface area contributed by atoms with Gasteiger partial charge in [-0.25, -0.2) is 0 Å². The van der Waals surface area contributed by atoms with Gasteiger partial charge in [-0.3, -0.25) is 9.59 Å². The Balaban J connectivity index is 1.62. The zero-order valence-electron chi connectivity index (χ0n) is 18.4. The standard InChI is InChI=1S/C25H26BrN3O4/c1-32-23-14-17(13-18(15-27)25(31)29-20-5-3-2-4-6-20)7-12-22(23)33-16-24(30)28-21-10-8-19(26)9-11-21/h7-14,20H,2-6,16H2,1H3,(H,28,30)(H,29,31)/b18-13+. The first-order valence-corrected chi connectivity index (χ1v) is 11.6. The summed E-state index contributed by atoms with van der Waals surface area (Å²) >= 11 is 3.35. The lowest BCUT2D eigenvalue weighted by molar-refractivity contribution is -0.118. The number of nitrogens with zero attached hydrogens (tertiary/aromatic N) is 1. The van der Waals surface area contributed by atoms with Crippen molar-refractivity contribution in [3.05, 3.63) is 58.1 Å². The number of benzene rings is 2. The summed E-state index contributed by atoms with van der Waals surface area (Å²) in [7, 11) is 1.48. The van der Waals surface area contributed by atoms with Crippen LogP contribution in [0.1, 0.15) is 37.7 Å². The van der Waals surface area contributed by atoms with Gasteiger partial charge in [0, 0.05) is 16.2 Å². The highest BCUT2D eigenvalue weighted by Gasteiger charge is 2.18. The minimum Gasteiger partial charge on any atom is -0.493 e. The fraction of sp³-hybridized carbons (Fsp3) is 0.320. The molecule has 33 heavy (non-hydrogen) atoms. The largest absolute Gasteiger partial charge is 0.493 e. The Morgan fingerprint density at radius 2 is 1.85 bits per heavy atom. The van der Waals surface area contributed by atoms with Gasteiger partial charge < -0.3 is 20.1 Å². The van der Waals surface area contributed by atoms with Gasteiger partial charge in [0.2, 0.25) is 0 Å². The Kier molecular flexibility index (Phi) is 8.90. The molecular weight excluding hydrogens is 486 g/mol. The van der Waals surface area contributed by atoms with Gasteiger partial charge in [-0.1, -0.05) is 41.3 Å². The summed E-state index contributed by atoms with van der Waals surface area (Å²) in [6.07, 6.45) is 6.78. The predicted octanol–water partition coefficient (Wildman–Crippen LogP) is 4.83. The summed E-state index contributed by atoms with van der Waals surface area (Å²) in [4.78, 5) is 24.7. The minimum absolute atomic E-state index is 0.0326. The first-order chi connectivity index (χ1) is 16.0. The third-order valence-electron chi connectivity index (χ3n) is 5.29. The number of carbonyl (C=O) groups excluding carboxylic acids is 2. The first kappa shape index (κ1) is 24.3. The van der Waals surface area contributed by atoms with E-state index in [1.165, 1.54) is 19.6 Å². The predicted molar refractivity (Wildman–Crippen MR) is 130 cm³/mol. The van der Waals surface area contributed by atoms with Crippen molar-refractivity contribution in [2.45, 2.75) is 38.1 Å². The van der Waals surface area contributed by atoms with Crippen molar-refractivity contribution in [3.63, 3.8) is 0 Å². The molecule has 2 aromatic carbocycles. The van der Waals surface area contributed by atoms with Gasteiger partial charge >= 0.3 is 0 Å². The van der Waals surface area contributed by atoms with E-state index in [1.807, 2.05) is 18.2 Å². The number of halogens is 1. The van der Waals surface area contributed by atoms with Gasteiger partial charge in [-0.05, 0) is 60.9 Å². The zero-order chi connectivity index (χ0) is 23.6. The molecule has 2 N–H and O–H groups in total. The number of hydrogen-bond donors (Lipinski definition) is 2. The van der Waals surface area contributed by atoms with E-state index in [1.54, 1.807) is 30.3 Å². The molecule has 1 saturated carbocycles. The number of rotatable bonds is 8. The van der Waals surface area contributed by atoms with Gasteiger partial charge in [0.1, 0.15) is 11.6 Å². The van der Waals surface area contributed by atoms with Crippen LogP contribution in [-0.4, -0.2) is 31.6 Å². The van der Waals surface area contributed by atoms with Crippen LogP contribution in [0.5, 0.6) is 11.5 Å². The van der Waals surface area contributed by atoms with Crippen molar-refractivity contribution in [1.29, 1.82) is 5.26 Å². The van der Waals surface area contributed by atoms with Crippen LogP contribution in [0.4, 0.5) is 5.69 Å². The second-order valence-electron chi connectivity index (χ2n) is 7.73. The molecule has 3 rings (SSSR count). The summed E-state index contributed by atoms with van der Waals surface area (Å²) in [6, 6.07) is 14.3. The van der Waals surface area contributed by atoms with E-state index in [2.05, 4.69) is 26.6 Å². The summed E-state index contributed by atoms with van der Waals surface area (Å²) in [6.45, 7) is -0.200. The fourth-order valence-electron chi connectivity index (χ4n) is 3.59. The van der Waals surface area contributed by atoms with Crippen LogP contribution in [0.15, 0.2) is 52.5 Å². The lowest BCUT2D eigenvalue weighted by Crippen LogP contribution is -2.36. The Bertz CT molecular complexity index is 1050. The number of nitrogens with one attached hydrogen (secondary N) is 2. The van der Waals surface area contributed by atoms with Crippen molar-refractivity contribution in [2.24, 2.45) is 0 Å². The summed E-state index contributed by atoms with van der Waals surface area (Å²) in [5.41, 5.74) is 1.31. The van der Waals surface area contributed by atoms with Gasteiger partial charge in [-0.2, -0.15) is 5.26 Å². The number of anilines is 1. The second kappa shape index (κ2) is 12.1. The molecule has 8 heteroatoms. The maximum Gasteiger partial charge on any atom is 0.262 e. The van der Waals surface area contributed by atoms with Crippen molar-refractivity contribution < 1.29 is 19.1 Å². The molecule has 7 nitrogen and oxygen atoms in total. The smallest absolute Gasteiger partial charge is 0.262 e. The molecular formula is C25H26BrN3O4. The average Bonchev–Trinajstić information content (AvgIpc) is 2.83. The molecule has 0 atom stereocenters. The van der Waals surface area contributed by atoms with E-state index in [0.29, 0.717) is 22.7 Å². The van der Waals surface area contributed by atoms with Crippen LogP contribution in [0.2, 0.25) is 0 Å².